The maximum atomic E-state index is 13.4. The van der Waals surface area contributed by atoms with Crippen LogP contribution in [0.3, 0.4) is 0 Å². The molecule has 0 spiro atoms. The molecule has 6 nitrogen and oxygen atoms in total. The van der Waals surface area contributed by atoms with Crippen molar-refractivity contribution in [1.82, 2.24) is 14.9 Å². The number of carbonyl (C=O) groups excluding carboxylic acids is 1. The number of nitrogens with zero attached hydrogens (tertiary/aromatic N) is 2. The number of hydrogen-bond donors (Lipinski definition) is 1. The lowest BCUT2D eigenvalue weighted by atomic mass is 10.2. The first-order chi connectivity index (χ1) is 16.0. The third-order valence-electron chi connectivity index (χ3n) is 5.23. The minimum Gasteiger partial charge on any atom is -0.496 e. The van der Waals surface area contributed by atoms with Crippen molar-refractivity contribution in [2.24, 2.45) is 0 Å². The van der Waals surface area contributed by atoms with E-state index < -0.39 is 0 Å². The van der Waals surface area contributed by atoms with E-state index in [0.29, 0.717) is 39.1 Å². The van der Waals surface area contributed by atoms with Crippen molar-refractivity contribution in [3.63, 3.8) is 0 Å². The van der Waals surface area contributed by atoms with Gasteiger partial charge in [-0.3, -0.25) is 14.2 Å². The summed E-state index contributed by atoms with van der Waals surface area (Å²) in [6, 6.07) is 20.1. The number of nitrogens with one attached hydrogen (secondary N) is 1. The van der Waals surface area contributed by atoms with Crippen molar-refractivity contribution in [2.75, 3.05) is 12.9 Å². The van der Waals surface area contributed by atoms with Gasteiger partial charge in [-0.2, -0.15) is 0 Å². The Labute approximate surface area is 200 Å². The van der Waals surface area contributed by atoms with Crippen LogP contribution in [-0.4, -0.2) is 28.3 Å². The van der Waals surface area contributed by atoms with Crippen molar-refractivity contribution < 1.29 is 9.53 Å². The van der Waals surface area contributed by atoms with Crippen LogP contribution >= 0.6 is 23.4 Å². The normalized spacial score (nSPS) is 10.9. The molecule has 0 atom stereocenters. The van der Waals surface area contributed by atoms with Gasteiger partial charge in [0, 0.05) is 17.1 Å². The highest BCUT2D eigenvalue weighted by molar-refractivity contribution is 7.99. The lowest BCUT2D eigenvalue weighted by molar-refractivity contribution is -0.118. The Morgan fingerprint density at radius 3 is 2.67 bits per heavy atom. The SMILES string of the molecule is COc1ccccc1CNC(=O)CSc1nc2ccccc2c(=O)n1-c1cccc(Cl)c1C. The highest BCUT2D eigenvalue weighted by Gasteiger charge is 2.17. The largest absolute Gasteiger partial charge is 0.496 e. The Balaban J connectivity index is 1.62. The molecule has 33 heavy (non-hydrogen) atoms. The molecule has 3 aromatic carbocycles. The Morgan fingerprint density at radius 2 is 1.85 bits per heavy atom. The van der Waals surface area contributed by atoms with E-state index in [2.05, 4.69) is 10.3 Å². The molecule has 1 heterocycles. The summed E-state index contributed by atoms with van der Waals surface area (Å²) in [6.45, 7) is 2.20. The summed E-state index contributed by atoms with van der Waals surface area (Å²) in [4.78, 5) is 30.7. The van der Waals surface area contributed by atoms with E-state index in [1.165, 1.54) is 16.3 Å². The Kier molecular flexibility index (Phi) is 7.01. The van der Waals surface area contributed by atoms with Crippen molar-refractivity contribution in [1.29, 1.82) is 0 Å². The standard InChI is InChI=1S/C25H22ClN3O3S/c1-16-19(26)10-7-12-21(16)29-24(31)18-9-4-5-11-20(18)28-25(29)33-15-23(30)27-14-17-8-3-6-13-22(17)32-2/h3-13H,14-15H2,1-2H3,(H,27,30). The van der Waals surface area contributed by atoms with E-state index in [1.54, 1.807) is 37.4 Å². The minimum atomic E-state index is -0.206. The van der Waals surface area contributed by atoms with Gasteiger partial charge in [0.05, 0.1) is 29.5 Å². The molecule has 0 radical (unpaired) electrons. The highest BCUT2D eigenvalue weighted by Crippen LogP contribution is 2.26. The molecular weight excluding hydrogens is 458 g/mol. The summed E-state index contributed by atoms with van der Waals surface area (Å²) in [7, 11) is 1.60. The minimum absolute atomic E-state index is 0.0968. The van der Waals surface area contributed by atoms with Crippen LogP contribution in [0.2, 0.25) is 5.02 Å². The number of carbonyl (C=O) groups is 1. The maximum absolute atomic E-state index is 13.4. The van der Waals surface area contributed by atoms with Gasteiger partial charge < -0.3 is 10.1 Å². The fourth-order valence-corrected chi connectivity index (χ4v) is 4.49. The molecule has 1 N–H and O–H groups in total. The number of para-hydroxylation sites is 2. The molecule has 8 heteroatoms. The molecule has 0 aliphatic carbocycles. The molecule has 0 bridgehead atoms. The lowest BCUT2D eigenvalue weighted by Gasteiger charge is -2.16. The first-order valence-electron chi connectivity index (χ1n) is 10.3. The Morgan fingerprint density at radius 1 is 1.09 bits per heavy atom. The predicted octanol–water partition coefficient (Wildman–Crippen LogP) is 4.76. The highest BCUT2D eigenvalue weighted by atomic mass is 35.5. The average Bonchev–Trinajstić information content (AvgIpc) is 2.84. The molecule has 168 valence electrons. The van der Waals surface area contributed by atoms with E-state index in [9.17, 15) is 9.59 Å². The number of hydrogen-bond acceptors (Lipinski definition) is 5. The molecule has 1 amide bonds. The third kappa shape index (κ3) is 4.89. The molecule has 0 aliphatic heterocycles. The summed E-state index contributed by atoms with van der Waals surface area (Å²) in [6.07, 6.45) is 0. The zero-order chi connectivity index (χ0) is 23.4. The molecule has 0 saturated heterocycles. The van der Waals surface area contributed by atoms with E-state index >= 15 is 0 Å². The van der Waals surface area contributed by atoms with Crippen LogP contribution in [0.25, 0.3) is 16.6 Å². The van der Waals surface area contributed by atoms with Gasteiger partial charge in [-0.05, 0) is 42.8 Å². The lowest BCUT2D eigenvalue weighted by Crippen LogP contribution is -2.26. The van der Waals surface area contributed by atoms with Crippen LogP contribution in [-0.2, 0) is 11.3 Å². The van der Waals surface area contributed by atoms with Crippen LogP contribution in [0.5, 0.6) is 5.75 Å². The topological polar surface area (TPSA) is 73.2 Å². The number of amides is 1. The summed E-state index contributed by atoms with van der Waals surface area (Å²) in [5.41, 5.74) is 2.66. The monoisotopic (exact) mass is 479 g/mol. The second-order valence-corrected chi connectivity index (χ2v) is 8.66. The molecular formula is C25H22ClN3O3S. The second kappa shape index (κ2) is 10.1. The number of rotatable bonds is 7. The molecule has 0 saturated carbocycles. The van der Waals surface area contributed by atoms with E-state index in [-0.39, 0.29) is 17.2 Å². The number of benzene rings is 3. The summed E-state index contributed by atoms with van der Waals surface area (Å²) >= 11 is 7.53. The number of methoxy groups -OCH3 is 1. The maximum Gasteiger partial charge on any atom is 0.266 e. The quantitative estimate of drug-likeness (QED) is 0.305. The van der Waals surface area contributed by atoms with Crippen molar-refractivity contribution in [2.45, 2.75) is 18.6 Å². The number of fused-ring (bicyclic) bond motifs is 1. The van der Waals surface area contributed by atoms with Crippen molar-refractivity contribution >= 4 is 40.2 Å². The van der Waals surface area contributed by atoms with Crippen molar-refractivity contribution in [3.8, 4) is 11.4 Å². The van der Waals surface area contributed by atoms with Gasteiger partial charge in [0.2, 0.25) is 5.91 Å². The molecule has 1 aromatic heterocycles. The van der Waals surface area contributed by atoms with Crippen molar-refractivity contribution in [3.05, 3.63) is 93.2 Å². The predicted molar refractivity (Wildman–Crippen MR) is 133 cm³/mol. The van der Waals surface area contributed by atoms with Gasteiger partial charge in [-0.1, -0.05) is 59.8 Å². The Bertz CT molecular complexity index is 1390. The number of ether oxygens (including phenoxy) is 1. The summed E-state index contributed by atoms with van der Waals surface area (Å²) in [5.74, 6) is 0.633. The molecule has 0 unspecified atom stereocenters. The van der Waals surface area contributed by atoms with Crippen LogP contribution < -0.4 is 15.6 Å². The molecule has 0 fully saturated rings. The number of aromatic nitrogens is 2. The second-order valence-electron chi connectivity index (χ2n) is 7.31. The van der Waals surface area contributed by atoms with Gasteiger partial charge in [0.25, 0.3) is 5.56 Å². The van der Waals surface area contributed by atoms with E-state index in [0.717, 1.165) is 11.1 Å². The zero-order valence-electron chi connectivity index (χ0n) is 18.2. The summed E-state index contributed by atoms with van der Waals surface area (Å²) < 4.78 is 6.86. The first kappa shape index (κ1) is 22.9. The smallest absolute Gasteiger partial charge is 0.266 e. The first-order valence-corrected chi connectivity index (χ1v) is 11.6. The third-order valence-corrected chi connectivity index (χ3v) is 6.57. The van der Waals surface area contributed by atoms with Crippen LogP contribution in [0.1, 0.15) is 11.1 Å². The average molecular weight is 480 g/mol. The van der Waals surface area contributed by atoms with Gasteiger partial charge >= 0.3 is 0 Å². The van der Waals surface area contributed by atoms with Gasteiger partial charge in [-0.15, -0.1) is 0 Å². The van der Waals surface area contributed by atoms with Gasteiger partial charge in [0.15, 0.2) is 5.16 Å². The van der Waals surface area contributed by atoms with Gasteiger partial charge in [0.1, 0.15) is 5.75 Å². The molecule has 0 aliphatic rings. The number of halogens is 1. The molecule has 4 rings (SSSR count). The van der Waals surface area contributed by atoms with Crippen LogP contribution in [0, 0.1) is 6.92 Å². The zero-order valence-corrected chi connectivity index (χ0v) is 19.7. The van der Waals surface area contributed by atoms with E-state index in [4.69, 9.17) is 16.3 Å². The Hall–Kier alpha value is -3.29. The summed E-state index contributed by atoms with van der Waals surface area (Å²) in [5, 5.41) is 4.38. The fourth-order valence-electron chi connectivity index (χ4n) is 3.48. The van der Waals surface area contributed by atoms with Gasteiger partial charge in [-0.25, -0.2) is 4.98 Å². The van der Waals surface area contributed by atoms with Crippen LogP contribution in [0.15, 0.2) is 76.7 Å². The number of thioether (sulfide) groups is 1. The van der Waals surface area contributed by atoms with Crippen LogP contribution in [0.4, 0.5) is 0 Å². The van der Waals surface area contributed by atoms with E-state index in [1.807, 2.05) is 43.3 Å². The fraction of sp³-hybridized carbons (Fsp3) is 0.160. The molecule has 4 aromatic rings.